The zero-order valence-corrected chi connectivity index (χ0v) is 6.35. The first-order chi connectivity index (χ1) is 4.79. The minimum absolute atomic E-state index is 0.167. The van der Waals surface area contributed by atoms with Gasteiger partial charge in [0, 0.05) is 12.8 Å². The number of ether oxygens (including phenoxy) is 1. The lowest BCUT2D eigenvalue weighted by Crippen LogP contribution is -2.06. The van der Waals surface area contributed by atoms with Crippen LogP contribution in [-0.4, -0.2) is 12.6 Å². The zero-order chi connectivity index (χ0) is 7.40. The topological polar surface area (TPSA) is 26.3 Å². The monoisotopic (exact) mass is 141 g/mol. The smallest absolute Gasteiger partial charge is 0.302 e. The lowest BCUT2D eigenvalue weighted by atomic mass is 10.1. The van der Waals surface area contributed by atoms with E-state index in [1.165, 1.54) is 25.7 Å². The first-order valence-corrected chi connectivity index (χ1v) is 3.76. The molecule has 0 aliphatic heterocycles. The van der Waals surface area contributed by atoms with E-state index < -0.39 is 0 Å². The van der Waals surface area contributed by atoms with Crippen molar-refractivity contribution in [3.63, 3.8) is 0 Å². The Kier molecular flexibility index (Phi) is 2.72. The summed E-state index contributed by atoms with van der Waals surface area (Å²) in [7, 11) is 0. The maximum Gasteiger partial charge on any atom is 0.302 e. The highest BCUT2D eigenvalue weighted by Crippen LogP contribution is 2.26. The van der Waals surface area contributed by atoms with E-state index in [2.05, 4.69) is 0 Å². The fourth-order valence-electron chi connectivity index (χ4n) is 1.22. The van der Waals surface area contributed by atoms with Crippen molar-refractivity contribution < 1.29 is 9.53 Å². The van der Waals surface area contributed by atoms with Crippen LogP contribution < -0.4 is 0 Å². The number of carbonyl (C=O) groups excluding carboxylic acids is 1. The molecule has 0 aromatic carbocycles. The Morgan fingerprint density at radius 3 is 2.60 bits per heavy atom. The van der Waals surface area contributed by atoms with E-state index in [4.69, 9.17) is 4.74 Å². The van der Waals surface area contributed by atoms with E-state index in [-0.39, 0.29) is 5.97 Å². The maximum atomic E-state index is 10.4. The highest BCUT2D eigenvalue weighted by molar-refractivity contribution is 5.66. The van der Waals surface area contributed by atoms with Gasteiger partial charge in [-0.15, -0.1) is 0 Å². The summed E-state index contributed by atoms with van der Waals surface area (Å²) in [6.45, 7) is 2.02. The van der Waals surface area contributed by atoms with Gasteiger partial charge >= 0.3 is 5.97 Å². The molecule has 0 bridgehead atoms. The molecule has 0 heterocycles. The summed E-state index contributed by atoms with van der Waals surface area (Å²) in [5.41, 5.74) is 0. The summed E-state index contributed by atoms with van der Waals surface area (Å²) in [5, 5.41) is 0. The molecule has 1 saturated carbocycles. The molecule has 2 heteroatoms. The minimum Gasteiger partial charge on any atom is -0.465 e. The predicted molar refractivity (Wildman–Crippen MR) is 38.3 cm³/mol. The second kappa shape index (κ2) is 3.59. The van der Waals surface area contributed by atoms with Crippen molar-refractivity contribution in [2.45, 2.75) is 32.6 Å². The Morgan fingerprint density at radius 2 is 2.10 bits per heavy atom. The van der Waals surface area contributed by atoms with E-state index in [0.717, 1.165) is 12.8 Å². The first-order valence-electron chi connectivity index (χ1n) is 3.76. The van der Waals surface area contributed by atoms with Crippen LogP contribution in [0.3, 0.4) is 0 Å². The summed E-state index contributed by atoms with van der Waals surface area (Å²) >= 11 is 0. The van der Waals surface area contributed by atoms with Gasteiger partial charge in [0.15, 0.2) is 0 Å². The van der Waals surface area contributed by atoms with Gasteiger partial charge in [-0.25, -0.2) is 0 Å². The molecule has 0 unspecified atom stereocenters. The van der Waals surface area contributed by atoms with Gasteiger partial charge in [0.1, 0.15) is 0 Å². The van der Waals surface area contributed by atoms with Crippen molar-refractivity contribution in [1.82, 2.24) is 0 Å². The minimum atomic E-state index is -0.167. The molecule has 2 nitrogen and oxygen atoms in total. The average Bonchev–Trinajstić information content (AvgIpc) is 2.34. The Labute approximate surface area is 61.6 Å². The van der Waals surface area contributed by atoms with E-state index in [1.54, 1.807) is 0 Å². The van der Waals surface area contributed by atoms with Crippen LogP contribution in [0.25, 0.3) is 0 Å². The van der Waals surface area contributed by atoms with Gasteiger partial charge in [-0.1, -0.05) is 12.8 Å². The SMILES string of the molecule is CC(=O)OC[C]1CCCC1. The maximum absolute atomic E-state index is 10.4. The highest BCUT2D eigenvalue weighted by Gasteiger charge is 2.16. The molecule has 0 spiro atoms. The molecule has 1 fully saturated rings. The van der Waals surface area contributed by atoms with Crippen molar-refractivity contribution >= 4 is 5.97 Å². The summed E-state index contributed by atoms with van der Waals surface area (Å²) in [6.07, 6.45) is 4.87. The summed E-state index contributed by atoms with van der Waals surface area (Å²) < 4.78 is 4.85. The predicted octanol–water partition coefficient (Wildman–Crippen LogP) is 1.70. The molecular weight excluding hydrogens is 128 g/mol. The molecule has 0 aromatic rings. The van der Waals surface area contributed by atoms with Gasteiger partial charge in [-0.05, 0) is 12.8 Å². The first kappa shape index (κ1) is 7.58. The molecule has 1 rings (SSSR count). The molecule has 1 aliphatic rings. The lowest BCUT2D eigenvalue weighted by Gasteiger charge is -2.06. The second-order valence-corrected chi connectivity index (χ2v) is 2.74. The Balaban J connectivity index is 2.07. The summed E-state index contributed by atoms with van der Waals surface area (Å²) in [5.74, 6) is 1.23. The largest absolute Gasteiger partial charge is 0.465 e. The average molecular weight is 141 g/mol. The third-order valence-corrected chi connectivity index (χ3v) is 1.79. The molecule has 0 aromatic heterocycles. The molecule has 0 atom stereocenters. The van der Waals surface area contributed by atoms with E-state index in [9.17, 15) is 4.79 Å². The Morgan fingerprint density at radius 1 is 1.50 bits per heavy atom. The van der Waals surface area contributed by atoms with Crippen LogP contribution in [0, 0.1) is 5.92 Å². The van der Waals surface area contributed by atoms with Crippen molar-refractivity contribution in [3.05, 3.63) is 5.92 Å². The van der Waals surface area contributed by atoms with Crippen LogP contribution in [0.4, 0.5) is 0 Å². The van der Waals surface area contributed by atoms with Crippen LogP contribution in [0.15, 0.2) is 0 Å². The molecule has 0 saturated heterocycles. The third-order valence-electron chi connectivity index (χ3n) is 1.79. The van der Waals surface area contributed by atoms with Crippen LogP contribution in [0.2, 0.25) is 0 Å². The summed E-state index contributed by atoms with van der Waals surface area (Å²) in [4.78, 5) is 10.4. The zero-order valence-electron chi connectivity index (χ0n) is 6.35. The van der Waals surface area contributed by atoms with Gasteiger partial charge in [0.05, 0.1) is 6.61 Å². The fraction of sp³-hybridized carbons (Fsp3) is 0.750. The van der Waals surface area contributed by atoms with Gasteiger partial charge in [0.2, 0.25) is 0 Å². The van der Waals surface area contributed by atoms with Crippen molar-refractivity contribution in [1.29, 1.82) is 0 Å². The van der Waals surface area contributed by atoms with Gasteiger partial charge in [0.25, 0.3) is 0 Å². The Hall–Kier alpha value is -0.530. The van der Waals surface area contributed by atoms with Crippen LogP contribution in [-0.2, 0) is 9.53 Å². The summed E-state index contributed by atoms with van der Waals surface area (Å²) in [6, 6.07) is 0. The van der Waals surface area contributed by atoms with Crippen LogP contribution >= 0.6 is 0 Å². The highest BCUT2D eigenvalue weighted by atomic mass is 16.5. The molecular formula is C8H13O2. The van der Waals surface area contributed by atoms with Crippen LogP contribution in [0.1, 0.15) is 32.6 Å². The fourth-order valence-corrected chi connectivity index (χ4v) is 1.22. The van der Waals surface area contributed by atoms with Crippen molar-refractivity contribution in [3.8, 4) is 0 Å². The number of hydrogen-bond donors (Lipinski definition) is 0. The number of esters is 1. The number of carbonyl (C=O) groups is 1. The molecule has 10 heavy (non-hydrogen) atoms. The number of hydrogen-bond acceptors (Lipinski definition) is 2. The van der Waals surface area contributed by atoms with Crippen LogP contribution in [0.5, 0.6) is 0 Å². The lowest BCUT2D eigenvalue weighted by molar-refractivity contribution is -0.140. The van der Waals surface area contributed by atoms with E-state index in [1.807, 2.05) is 0 Å². The molecule has 1 aliphatic carbocycles. The van der Waals surface area contributed by atoms with Gasteiger partial charge in [-0.2, -0.15) is 0 Å². The Bertz CT molecular complexity index is 114. The van der Waals surface area contributed by atoms with Crippen molar-refractivity contribution in [2.75, 3.05) is 6.61 Å². The normalized spacial score (nSPS) is 19.3. The second-order valence-electron chi connectivity index (χ2n) is 2.74. The van der Waals surface area contributed by atoms with Crippen molar-refractivity contribution in [2.24, 2.45) is 0 Å². The van der Waals surface area contributed by atoms with Gasteiger partial charge < -0.3 is 4.74 Å². The quantitative estimate of drug-likeness (QED) is 0.547. The van der Waals surface area contributed by atoms with E-state index >= 15 is 0 Å². The molecule has 0 amide bonds. The van der Waals surface area contributed by atoms with E-state index in [0.29, 0.717) is 6.61 Å². The molecule has 0 N–H and O–H groups in total. The van der Waals surface area contributed by atoms with Gasteiger partial charge in [-0.3, -0.25) is 4.79 Å². The molecule has 1 radical (unpaired) electrons. The third kappa shape index (κ3) is 2.38. The standard InChI is InChI=1S/C8H13O2/c1-7(9)10-6-8-4-2-3-5-8/h2-6H2,1H3. The molecule has 57 valence electrons. The number of rotatable bonds is 2.